The molecule has 2 N–H and O–H groups in total. The first-order valence-electron chi connectivity index (χ1n) is 17.1. The highest BCUT2D eigenvalue weighted by Crippen LogP contribution is 2.43. The fourth-order valence-electron chi connectivity index (χ4n) is 6.99. The number of nitrogens with one attached hydrogen (secondary N) is 1. The number of halogens is 3. The number of carbonyl (C=O) groups is 3. The van der Waals surface area contributed by atoms with Gasteiger partial charge in [0.15, 0.2) is 0 Å². The molecule has 2 bridgehead atoms. The van der Waals surface area contributed by atoms with Gasteiger partial charge in [-0.2, -0.15) is 0 Å². The van der Waals surface area contributed by atoms with Gasteiger partial charge in [0.25, 0.3) is 0 Å². The van der Waals surface area contributed by atoms with Gasteiger partial charge in [-0.3, -0.25) is 19.7 Å². The smallest absolute Gasteiger partial charge is 0.303 e. The third-order valence-electron chi connectivity index (χ3n) is 9.60. The number of aryl methyl sites for hydroxylation is 1. The average Bonchev–Trinajstić information content (AvgIpc) is 3.94. The van der Waals surface area contributed by atoms with Crippen molar-refractivity contribution in [2.45, 2.75) is 81.5 Å². The normalized spacial score (nSPS) is 20.8. The Morgan fingerprint density at radius 1 is 1.06 bits per heavy atom. The molecular formula is C39H40BrClFN3O5. The number of piperazine rings is 1. The van der Waals surface area contributed by atoms with Crippen LogP contribution in [0.15, 0.2) is 71.2 Å². The molecule has 50 heavy (non-hydrogen) atoms. The van der Waals surface area contributed by atoms with Crippen molar-refractivity contribution >= 4 is 45.3 Å². The molecule has 0 aromatic heterocycles. The minimum atomic E-state index is -1.19. The topological polar surface area (TPSA) is 99.2 Å². The Hall–Kier alpha value is -3.91. The van der Waals surface area contributed by atoms with Crippen LogP contribution in [0.5, 0.6) is 5.75 Å². The van der Waals surface area contributed by atoms with Crippen LogP contribution in [0.2, 0.25) is 5.02 Å². The number of carboxylic acids is 1. The number of hydrogen-bond donors (Lipinski definition) is 2. The largest absolute Gasteiger partial charge is 0.492 e. The summed E-state index contributed by atoms with van der Waals surface area (Å²) in [4.78, 5) is 43.9. The van der Waals surface area contributed by atoms with Crippen molar-refractivity contribution in [3.05, 3.63) is 98.7 Å². The molecule has 2 amide bonds. The molecule has 3 aliphatic rings. The van der Waals surface area contributed by atoms with Crippen molar-refractivity contribution in [2.75, 3.05) is 19.7 Å². The fraction of sp³-hybridized carbons (Fsp3) is 0.410. The molecule has 3 aromatic rings. The van der Waals surface area contributed by atoms with E-state index >= 15 is 0 Å². The standard InChI is InChI=1S/C39H40BrClFN3O5/c40-32-19-16-29(42)24-34(32)50-23-5-6-26-12-14-28(15-13-26)37-39(21-4-8-30(43-39)25-45(37)35(46)10-3-11-36(47)48)38(49)44(31-17-18-31)22-20-27-7-1-2-9-33(27)41/h1-2,7,9,12-16,19,24,30-31,37,43H,3,5-6,10-11,17-18,20-23,25H2,(H,47,48)/t30-,37?,39+/m0/s1. The lowest BCUT2D eigenvalue weighted by atomic mass is 9.75. The maximum absolute atomic E-state index is 15.0. The summed E-state index contributed by atoms with van der Waals surface area (Å²) in [6.45, 7) is 1.18. The van der Waals surface area contributed by atoms with Crippen molar-refractivity contribution in [1.29, 1.82) is 0 Å². The Bertz CT molecular complexity index is 1790. The molecule has 1 saturated heterocycles. The minimum Gasteiger partial charge on any atom is -0.492 e. The van der Waals surface area contributed by atoms with Gasteiger partial charge < -0.3 is 19.6 Å². The predicted molar refractivity (Wildman–Crippen MR) is 192 cm³/mol. The zero-order valence-corrected chi connectivity index (χ0v) is 30.0. The molecule has 3 aromatic carbocycles. The Kier molecular flexibility index (Phi) is 11.5. The van der Waals surface area contributed by atoms with E-state index in [1.165, 1.54) is 12.1 Å². The highest BCUT2D eigenvalue weighted by atomic mass is 79.9. The van der Waals surface area contributed by atoms with Crippen LogP contribution >= 0.6 is 27.5 Å². The number of aliphatic carboxylic acids is 1. The molecule has 1 saturated carbocycles. The number of amides is 2. The van der Waals surface area contributed by atoms with Crippen molar-refractivity contribution in [3.63, 3.8) is 0 Å². The van der Waals surface area contributed by atoms with Gasteiger partial charge in [0, 0.05) is 49.5 Å². The number of carbonyl (C=O) groups excluding carboxylic acids is 2. The molecule has 262 valence electrons. The Morgan fingerprint density at radius 2 is 1.84 bits per heavy atom. The lowest BCUT2D eigenvalue weighted by molar-refractivity contribution is -0.151. The van der Waals surface area contributed by atoms with E-state index in [1.54, 1.807) is 11.0 Å². The number of carboxylic acid groups (broad SMARTS) is 1. The maximum Gasteiger partial charge on any atom is 0.303 e. The van der Waals surface area contributed by atoms with Crippen LogP contribution in [0.25, 0.3) is 0 Å². The minimum absolute atomic E-state index is 0.0611. The van der Waals surface area contributed by atoms with E-state index in [0.29, 0.717) is 47.7 Å². The van der Waals surface area contributed by atoms with Crippen LogP contribution < -0.4 is 10.1 Å². The van der Waals surface area contributed by atoms with Gasteiger partial charge in [-0.25, -0.2) is 4.39 Å². The maximum atomic E-state index is 15.0. The van der Waals surface area contributed by atoms with E-state index in [2.05, 4.69) is 33.1 Å². The summed E-state index contributed by atoms with van der Waals surface area (Å²) >= 11 is 9.88. The number of benzene rings is 3. The number of ether oxygens (including phenoxy) is 1. The molecule has 11 heteroatoms. The van der Waals surface area contributed by atoms with E-state index in [4.69, 9.17) is 16.3 Å². The van der Waals surface area contributed by atoms with Gasteiger partial charge in [0.2, 0.25) is 11.8 Å². The third-order valence-corrected chi connectivity index (χ3v) is 10.6. The molecule has 0 spiro atoms. The Labute approximate surface area is 305 Å². The zero-order chi connectivity index (χ0) is 35.3. The van der Waals surface area contributed by atoms with Crippen LogP contribution in [0.3, 0.4) is 0 Å². The Balaban J connectivity index is 1.25. The van der Waals surface area contributed by atoms with Crippen LogP contribution in [-0.2, 0) is 27.2 Å². The van der Waals surface area contributed by atoms with E-state index in [1.807, 2.05) is 53.4 Å². The lowest BCUT2D eigenvalue weighted by Crippen LogP contribution is -2.73. The van der Waals surface area contributed by atoms with Gasteiger partial charge in [-0.15, -0.1) is 0 Å². The van der Waals surface area contributed by atoms with Gasteiger partial charge >= 0.3 is 5.97 Å². The van der Waals surface area contributed by atoms with E-state index in [9.17, 15) is 23.9 Å². The lowest BCUT2D eigenvalue weighted by Gasteiger charge is -2.53. The number of fused-ring (bicyclic) bond motifs is 2. The average molecular weight is 765 g/mol. The van der Waals surface area contributed by atoms with Gasteiger partial charge in [0.05, 0.1) is 23.2 Å². The fourth-order valence-corrected chi connectivity index (χ4v) is 7.58. The summed E-state index contributed by atoms with van der Waals surface area (Å²) in [6.07, 6.45) is 4.23. The molecule has 3 atom stereocenters. The second-order valence-electron chi connectivity index (χ2n) is 13.2. The van der Waals surface area contributed by atoms with E-state index < -0.39 is 23.6 Å². The molecule has 8 nitrogen and oxygen atoms in total. The molecular weight excluding hydrogens is 725 g/mol. The van der Waals surface area contributed by atoms with Crippen molar-refractivity contribution in [1.82, 2.24) is 15.1 Å². The van der Waals surface area contributed by atoms with Crippen LogP contribution in [0.1, 0.15) is 67.7 Å². The summed E-state index contributed by atoms with van der Waals surface area (Å²) in [5.74, 6) is 5.31. The van der Waals surface area contributed by atoms with Gasteiger partial charge in [-0.05, 0) is 89.3 Å². The first-order chi connectivity index (χ1) is 24.1. The van der Waals surface area contributed by atoms with Crippen LogP contribution in [0, 0.1) is 17.7 Å². The summed E-state index contributed by atoms with van der Waals surface area (Å²) in [5.41, 5.74) is 1.65. The molecule has 0 radical (unpaired) electrons. The number of nitrogens with zero attached hydrogens (tertiary/aromatic N) is 2. The summed E-state index contributed by atoms with van der Waals surface area (Å²) in [6, 6.07) is 19.0. The molecule has 2 fully saturated rings. The van der Waals surface area contributed by atoms with Crippen molar-refractivity contribution < 1.29 is 28.6 Å². The molecule has 1 aliphatic carbocycles. The molecule has 6 rings (SSSR count). The summed E-state index contributed by atoms with van der Waals surface area (Å²) < 4.78 is 20.1. The highest BCUT2D eigenvalue weighted by molar-refractivity contribution is 9.10. The monoisotopic (exact) mass is 763 g/mol. The van der Waals surface area contributed by atoms with Crippen molar-refractivity contribution in [2.24, 2.45) is 0 Å². The van der Waals surface area contributed by atoms with E-state index in [-0.39, 0.29) is 55.9 Å². The Morgan fingerprint density at radius 3 is 2.58 bits per heavy atom. The molecule has 1 unspecified atom stereocenters. The zero-order valence-electron chi connectivity index (χ0n) is 27.7. The quantitative estimate of drug-likeness (QED) is 0.132. The second kappa shape index (κ2) is 16.0. The van der Waals surface area contributed by atoms with Gasteiger partial charge in [-0.1, -0.05) is 65.9 Å². The van der Waals surface area contributed by atoms with Crippen molar-refractivity contribution in [3.8, 4) is 17.6 Å². The highest BCUT2D eigenvalue weighted by Gasteiger charge is 2.57. The number of rotatable bonds is 15. The first kappa shape index (κ1) is 35.9. The first-order valence-corrected chi connectivity index (χ1v) is 18.3. The third kappa shape index (κ3) is 8.34. The predicted octanol–water partition coefficient (Wildman–Crippen LogP) is 6.73. The van der Waals surface area contributed by atoms with Crippen LogP contribution in [-0.4, -0.2) is 70.0 Å². The molecule has 2 heterocycles. The number of hydrogen-bond acceptors (Lipinski definition) is 5. The molecule has 2 aliphatic heterocycles. The van der Waals surface area contributed by atoms with Crippen LogP contribution in [0.4, 0.5) is 4.39 Å². The van der Waals surface area contributed by atoms with Gasteiger partial charge in [0.1, 0.15) is 17.1 Å². The summed E-state index contributed by atoms with van der Waals surface area (Å²) in [5, 5.41) is 13.5. The second-order valence-corrected chi connectivity index (χ2v) is 14.5. The summed E-state index contributed by atoms with van der Waals surface area (Å²) in [7, 11) is 0. The SMILES string of the molecule is O=C(O)CCCC(=O)N1C[C@@H]2C#CC[C@@](C(=O)N(CCc3ccccc3Cl)C3CC3)(N2)C1c1ccc(CCCOc2cc(F)ccc2Br)cc1. The van der Waals surface area contributed by atoms with E-state index in [0.717, 1.165) is 29.5 Å².